The minimum atomic E-state index is 0.109. The molecule has 1 unspecified atom stereocenters. The van der Waals surface area contributed by atoms with Crippen LogP contribution in [0.15, 0.2) is 22.7 Å². The molecule has 0 spiro atoms. The van der Waals surface area contributed by atoms with Gasteiger partial charge in [-0.3, -0.25) is 0 Å². The quantitative estimate of drug-likeness (QED) is 0.822. The van der Waals surface area contributed by atoms with Gasteiger partial charge in [-0.2, -0.15) is 0 Å². The summed E-state index contributed by atoms with van der Waals surface area (Å²) in [5.41, 5.74) is 1.42. The highest BCUT2D eigenvalue weighted by molar-refractivity contribution is 9.10. The predicted molar refractivity (Wildman–Crippen MR) is 85.5 cm³/mol. The monoisotopic (exact) mass is 341 g/mol. The van der Waals surface area contributed by atoms with Crippen molar-refractivity contribution >= 4 is 15.9 Å². The topological polar surface area (TPSA) is 30.5 Å². The Bertz CT molecular complexity index is 441. The Balaban J connectivity index is 2.00. The number of benzene rings is 1. The molecule has 0 aromatic heterocycles. The van der Waals surface area contributed by atoms with Crippen molar-refractivity contribution in [2.24, 2.45) is 0 Å². The van der Waals surface area contributed by atoms with E-state index in [-0.39, 0.29) is 5.60 Å². The first kappa shape index (κ1) is 15.8. The molecule has 20 heavy (non-hydrogen) atoms. The summed E-state index contributed by atoms with van der Waals surface area (Å²) in [5.74, 6) is 0.877. The van der Waals surface area contributed by atoms with E-state index in [0.717, 1.165) is 23.1 Å². The van der Waals surface area contributed by atoms with E-state index in [4.69, 9.17) is 9.47 Å². The van der Waals surface area contributed by atoms with Gasteiger partial charge in [0.2, 0.25) is 0 Å². The second-order valence-electron chi connectivity index (χ2n) is 5.60. The molecule has 1 N–H and O–H groups in total. The van der Waals surface area contributed by atoms with E-state index in [0.29, 0.717) is 6.04 Å². The van der Waals surface area contributed by atoms with Crippen LogP contribution in [-0.2, 0) is 11.2 Å². The molecule has 3 nitrogen and oxygen atoms in total. The Morgan fingerprint density at radius 2 is 2.10 bits per heavy atom. The van der Waals surface area contributed by atoms with Crippen molar-refractivity contribution in [1.82, 2.24) is 5.32 Å². The molecule has 4 heteroatoms. The first-order valence-electron chi connectivity index (χ1n) is 7.17. The maximum atomic E-state index is 5.73. The average Bonchev–Trinajstić information content (AvgIpc) is 2.41. The van der Waals surface area contributed by atoms with Crippen LogP contribution in [0.1, 0.15) is 31.2 Å². The van der Waals surface area contributed by atoms with Crippen LogP contribution in [0.3, 0.4) is 0 Å². The molecule has 1 atom stereocenters. The molecule has 0 amide bonds. The molecule has 0 saturated heterocycles. The van der Waals surface area contributed by atoms with Gasteiger partial charge in [-0.05, 0) is 72.8 Å². The zero-order valence-corrected chi connectivity index (χ0v) is 14.1. The molecule has 112 valence electrons. The summed E-state index contributed by atoms with van der Waals surface area (Å²) in [4.78, 5) is 0. The molecule has 0 radical (unpaired) electrons. The molecule has 1 aromatic carbocycles. The lowest BCUT2D eigenvalue weighted by atomic mass is 9.75. The van der Waals surface area contributed by atoms with E-state index in [1.807, 2.05) is 20.2 Å². The Hall–Kier alpha value is -0.580. The number of halogens is 1. The summed E-state index contributed by atoms with van der Waals surface area (Å²) < 4.78 is 12.0. The third-order valence-corrected chi connectivity index (χ3v) is 5.04. The van der Waals surface area contributed by atoms with Gasteiger partial charge in [0.15, 0.2) is 0 Å². The molecule has 1 fully saturated rings. The number of nitrogens with one attached hydrogen (secondary N) is 1. The molecule has 1 saturated carbocycles. The third-order valence-electron chi connectivity index (χ3n) is 4.42. The fourth-order valence-corrected chi connectivity index (χ4v) is 3.50. The molecule has 0 bridgehead atoms. The molecule has 0 aliphatic heterocycles. The van der Waals surface area contributed by atoms with Gasteiger partial charge in [-0.25, -0.2) is 0 Å². The van der Waals surface area contributed by atoms with Gasteiger partial charge in [0.05, 0.1) is 17.2 Å². The van der Waals surface area contributed by atoms with Gasteiger partial charge in [0.25, 0.3) is 0 Å². The van der Waals surface area contributed by atoms with Crippen molar-refractivity contribution in [1.29, 1.82) is 0 Å². The van der Waals surface area contributed by atoms with E-state index < -0.39 is 0 Å². The Morgan fingerprint density at radius 1 is 1.35 bits per heavy atom. The average molecular weight is 342 g/mol. The number of likely N-dealkylation sites (N-methyl/N-ethyl adjacent to an activating group) is 1. The lowest BCUT2D eigenvalue weighted by Crippen LogP contribution is -2.45. The fourth-order valence-electron chi connectivity index (χ4n) is 2.91. The normalized spacial score (nSPS) is 18.4. The summed E-state index contributed by atoms with van der Waals surface area (Å²) in [6.45, 7) is 0. The van der Waals surface area contributed by atoms with Crippen LogP contribution in [0.2, 0.25) is 0 Å². The molecule has 1 aliphatic carbocycles. The van der Waals surface area contributed by atoms with E-state index in [2.05, 4.69) is 33.4 Å². The van der Waals surface area contributed by atoms with E-state index in [1.54, 1.807) is 7.11 Å². The van der Waals surface area contributed by atoms with Crippen LogP contribution in [0, 0.1) is 0 Å². The Morgan fingerprint density at radius 3 is 2.55 bits per heavy atom. The minimum Gasteiger partial charge on any atom is -0.496 e. The van der Waals surface area contributed by atoms with E-state index in [9.17, 15) is 0 Å². The lowest BCUT2D eigenvalue weighted by Gasteiger charge is -2.42. The lowest BCUT2D eigenvalue weighted by molar-refractivity contribution is -0.0830. The van der Waals surface area contributed by atoms with Gasteiger partial charge in [0, 0.05) is 13.2 Å². The highest BCUT2D eigenvalue weighted by Crippen LogP contribution is 2.39. The van der Waals surface area contributed by atoms with E-state index >= 15 is 0 Å². The number of ether oxygens (including phenoxy) is 2. The van der Waals surface area contributed by atoms with Crippen LogP contribution in [-0.4, -0.2) is 32.9 Å². The van der Waals surface area contributed by atoms with Crippen LogP contribution in [0.25, 0.3) is 0 Å². The van der Waals surface area contributed by atoms with Gasteiger partial charge < -0.3 is 14.8 Å². The first-order chi connectivity index (χ1) is 9.62. The number of hydrogen-bond acceptors (Lipinski definition) is 3. The van der Waals surface area contributed by atoms with Crippen LogP contribution in [0.4, 0.5) is 0 Å². The molecule has 2 rings (SSSR count). The summed E-state index contributed by atoms with van der Waals surface area (Å²) in [5, 5.41) is 3.43. The highest BCUT2D eigenvalue weighted by Gasteiger charge is 2.38. The maximum absolute atomic E-state index is 5.73. The van der Waals surface area contributed by atoms with E-state index in [1.165, 1.54) is 24.8 Å². The van der Waals surface area contributed by atoms with Crippen molar-refractivity contribution in [3.05, 3.63) is 28.2 Å². The van der Waals surface area contributed by atoms with Gasteiger partial charge >= 0.3 is 0 Å². The minimum absolute atomic E-state index is 0.109. The number of methoxy groups -OCH3 is 2. The third kappa shape index (κ3) is 3.54. The van der Waals surface area contributed by atoms with Crippen LogP contribution in [0.5, 0.6) is 5.75 Å². The molecule has 1 aromatic rings. The largest absolute Gasteiger partial charge is 0.496 e. The maximum Gasteiger partial charge on any atom is 0.133 e. The summed E-state index contributed by atoms with van der Waals surface area (Å²) in [6, 6.07) is 6.73. The second kappa shape index (κ2) is 6.92. The summed E-state index contributed by atoms with van der Waals surface area (Å²) in [7, 11) is 5.57. The SMILES string of the molecule is CNC(Cc1ccc(OC)c(Br)c1)CC1(OC)CCC1. The Kier molecular flexibility index (Phi) is 5.47. The molecule has 1 aliphatic rings. The summed E-state index contributed by atoms with van der Waals surface area (Å²) in [6.07, 6.45) is 5.74. The molecular weight excluding hydrogens is 318 g/mol. The smallest absolute Gasteiger partial charge is 0.133 e. The van der Waals surface area contributed by atoms with Crippen LogP contribution >= 0.6 is 15.9 Å². The van der Waals surface area contributed by atoms with Crippen molar-refractivity contribution in [2.75, 3.05) is 21.3 Å². The second-order valence-corrected chi connectivity index (χ2v) is 6.46. The summed E-state index contributed by atoms with van der Waals surface area (Å²) >= 11 is 3.55. The van der Waals surface area contributed by atoms with Crippen molar-refractivity contribution < 1.29 is 9.47 Å². The molecular formula is C16H24BrNO2. The Labute approximate surface area is 130 Å². The molecule has 0 heterocycles. The van der Waals surface area contributed by atoms with Gasteiger partial charge in [0.1, 0.15) is 5.75 Å². The van der Waals surface area contributed by atoms with Gasteiger partial charge in [-0.15, -0.1) is 0 Å². The van der Waals surface area contributed by atoms with Crippen molar-refractivity contribution in [2.45, 2.75) is 43.7 Å². The standard InChI is InChI=1S/C16H24BrNO2/c1-18-13(11-16(20-3)7-4-8-16)9-12-5-6-15(19-2)14(17)10-12/h5-6,10,13,18H,4,7-9,11H2,1-3H3. The number of rotatable bonds is 7. The van der Waals surface area contributed by atoms with Crippen LogP contribution < -0.4 is 10.1 Å². The zero-order valence-electron chi connectivity index (χ0n) is 12.5. The van der Waals surface area contributed by atoms with Gasteiger partial charge in [-0.1, -0.05) is 6.07 Å². The fraction of sp³-hybridized carbons (Fsp3) is 0.625. The van der Waals surface area contributed by atoms with Crippen molar-refractivity contribution in [3.63, 3.8) is 0 Å². The number of hydrogen-bond donors (Lipinski definition) is 1. The van der Waals surface area contributed by atoms with Crippen molar-refractivity contribution in [3.8, 4) is 5.75 Å². The predicted octanol–water partition coefficient (Wildman–Crippen LogP) is 3.55. The zero-order chi connectivity index (χ0) is 14.6. The highest BCUT2D eigenvalue weighted by atomic mass is 79.9. The first-order valence-corrected chi connectivity index (χ1v) is 7.96.